The highest BCUT2D eigenvalue weighted by molar-refractivity contribution is 7.19. The minimum absolute atomic E-state index is 0.191. The van der Waals surface area contributed by atoms with Crippen molar-refractivity contribution in [2.45, 2.75) is 12.8 Å². The Morgan fingerprint density at radius 1 is 1.24 bits per heavy atom. The number of carbonyl (C=O) groups is 2. The average Bonchev–Trinajstić information content (AvgIpc) is 3.52. The van der Waals surface area contributed by atoms with E-state index in [1.807, 2.05) is 12.1 Å². The predicted octanol–water partition coefficient (Wildman–Crippen LogP) is 4.19. The second kappa shape index (κ2) is 10.7. The van der Waals surface area contributed by atoms with Crippen LogP contribution in [0.15, 0.2) is 42.7 Å². The van der Waals surface area contributed by atoms with E-state index in [0.717, 1.165) is 21.7 Å². The van der Waals surface area contributed by atoms with E-state index in [0.29, 0.717) is 42.5 Å². The molecule has 1 aliphatic carbocycles. The number of ether oxygens (including phenoxy) is 2. The highest BCUT2D eigenvalue weighted by atomic mass is 32.1. The van der Waals surface area contributed by atoms with E-state index in [1.54, 1.807) is 43.4 Å². The third-order valence-electron chi connectivity index (χ3n) is 6.24. The number of pyridine rings is 1. The normalized spacial score (nSPS) is 12.0. The first-order valence-electron chi connectivity index (χ1n) is 11.8. The van der Waals surface area contributed by atoms with Gasteiger partial charge in [-0.05, 0) is 43.2 Å². The Morgan fingerprint density at radius 2 is 2.08 bits per heavy atom. The van der Waals surface area contributed by atoms with E-state index in [-0.39, 0.29) is 17.2 Å². The largest absolute Gasteiger partial charge is 0.453 e. The molecule has 38 heavy (non-hydrogen) atoms. The molecule has 0 saturated carbocycles. The molecule has 12 heteroatoms. The van der Waals surface area contributed by atoms with Gasteiger partial charge in [0.05, 0.1) is 35.7 Å². The van der Waals surface area contributed by atoms with Gasteiger partial charge in [0, 0.05) is 49.8 Å². The summed E-state index contributed by atoms with van der Waals surface area (Å²) in [6.45, 7) is 0.763. The summed E-state index contributed by atoms with van der Waals surface area (Å²) in [6, 6.07) is 8.08. The number of hydrogen-bond acceptors (Lipinski definition) is 8. The molecule has 0 aliphatic heterocycles. The first-order valence-corrected chi connectivity index (χ1v) is 12.6. The number of likely N-dealkylation sites (N-methyl/N-ethyl adjacent to an activating group) is 1. The molecule has 4 aromatic rings. The summed E-state index contributed by atoms with van der Waals surface area (Å²) >= 11 is 1.27. The first kappa shape index (κ1) is 25.5. The molecule has 1 aromatic carbocycles. The van der Waals surface area contributed by atoms with Crippen molar-refractivity contribution in [1.29, 1.82) is 0 Å². The van der Waals surface area contributed by atoms with Gasteiger partial charge < -0.3 is 14.4 Å². The van der Waals surface area contributed by atoms with Crippen molar-refractivity contribution in [3.05, 3.63) is 65.4 Å². The highest BCUT2D eigenvalue weighted by Crippen LogP contribution is 2.44. The summed E-state index contributed by atoms with van der Waals surface area (Å²) in [5.41, 5.74) is 4.30. The van der Waals surface area contributed by atoms with Gasteiger partial charge in [-0.3, -0.25) is 15.1 Å². The fourth-order valence-electron chi connectivity index (χ4n) is 4.33. The number of aromatic nitrogens is 4. The van der Waals surface area contributed by atoms with Crippen LogP contribution in [0.5, 0.6) is 0 Å². The van der Waals surface area contributed by atoms with Crippen LogP contribution in [0.3, 0.4) is 0 Å². The fraction of sp³-hybridized carbons (Fsp3) is 0.269. The van der Waals surface area contributed by atoms with Crippen LogP contribution in [0.25, 0.3) is 27.5 Å². The zero-order chi connectivity index (χ0) is 26.8. The standard InChI is InChI=1S/C26H25FN6O4S/c1-32(11-12-36-2)24(34)15-6-9-20(18(27)13-15)33-22-17(21(31-33)16-5-4-10-28-14-16)7-8-19-23(22)38-25(29-19)30-26(35)37-3/h4-6,9-10,13-14H,7-8,11-12H2,1-3H3,(H,29,30,35). The van der Waals surface area contributed by atoms with Crippen LogP contribution in [-0.2, 0) is 22.3 Å². The summed E-state index contributed by atoms with van der Waals surface area (Å²) < 4.78 is 26.9. The number of hydrogen-bond donors (Lipinski definition) is 1. The number of benzene rings is 1. The van der Waals surface area contributed by atoms with Crippen molar-refractivity contribution < 1.29 is 23.5 Å². The molecule has 0 saturated heterocycles. The van der Waals surface area contributed by atoms with Crippen LogP contribution in [0.2, 0.25) is 0 Å². The van der Waals surface area contributed by atoms with Gasteiger partial charge in [-0.15, -0.1) is 0 Å². The zero-order valence-corrected chi connectivity index (χ0v) is 21.8. The Labute approximate surface area is 222 Å². The van der Waals surface area contributed by atoms with Crippen LogP contribution in [-0.4, -0.2) is 71.1 Å². The number of nitrogens with one attached hydrogen (secondary N) is 1. The lowest BCUT2D eigenvalue weighted by atomic mass is 9.95. The maximum Gasteiger partial charge on any atom is 0.413 e. The molecule has 10 nitrogen and oxygen atoms in total. The monoisotopic (exact) mass is 536 g/mol. The number of halogens is 1. The molecular formula is C26H25FN6O4S. The fourth-order valence-corrected chi connectivity index (χ4v) is 5.39. The second-order valence-corrected chi connectivity index (χ2v) is 9.63. The SMILES string of the molecule is COCCN(C)C(=O)c1ccc(-n2nc(-c3cccnc3)c3c2-c2sc(NC(=O)OC)nc2CC3)c(F)c1. The average molecular weight is 537 g/mol. The molecule has 0 radical (unpaired) electrons. The van der Waals surface area contributed by atoms with Crippen LogP contribution < -0.4 is 5.32 Å². The summed E-state index contributed by atoms with van der Waals surface area (Å²) in [4.78, 5) is 35.6. The number of fused-ring (bicyclic) bond motifs is 3. The Bertz CT molecular complexity index is 1500. The van der Waals surface area contributed by atoms with Gasteiger partial charge in [0.2, 0.25) is 0 Å². The van der Waals surface area contributed by atoms with Crippen molar-refractivity contribution in [3.63, 3.8) is 0 Å². The Balaban J connectivity index is 1.61. The lowest BCUT2D eigenvalue weighted by Gasteiger charge is -2.17. The number of amides is 2. The third kappa shape index (κ3) is 4.75. The lowest BCUT2D eigenvalue weighted by Crippen LogP contribution is -2.30. The molecule has 1 N–H and O–H groups in total. The third-order valence-corrected chi connectivity index (χ3v) is 7.26. The topological polar surface area (TPSA) is 111 Å². The smallest absolute Gasteiger partial charge is 0.413 e. The van der Waals surface area contributed by atoms with Crippen molar-refractivity contribution in [2.75, 3.05) is 39.7 Å². The molecule has 5 rings (SSSR count). The minimum Gasteiger partial charge on any atom is -0.453 e. The van der Waals surface area contributed by atoms with Crippen molar-refractivity contribution in [3.8, 4) is 27.5 Å². The Kier molecular flexibility index (Phi) is 7.16. The lowest BCUT2D eigenvalue weighted by molar-refractivity contribution is 0.0743. The van der Waals surface area contributed by atoms with E-state index >= 15 is 4.39 Å². The van der Waals surface area contributed by atoms with E-state index < -0.39 is 11.9 Å². The second-order valence-electron chi connectivity index (χ2n) is 8.63. The summed E-state index contributed by atoms with van der Waals surface area (Å²) in [5, 5.41) is 7.82. The van der Waals surface area contributed by atoms with Crippen LogP contribution >= 0.6 is 11.3 Å². The molecule has 0 bridgehead atoms. The molecule has 0 fully saturated rings. The Morgan fingerprint density at radius 3 is 2.79 bits per heavy atom. The van der Waals surface area contributed by atoms with Crippen LogP contribution in [0.4, 0.5) is 14.3 Å². The molecule has 0 unspecified atom stereocenters. The number of thiazole rings is 1. The maximum atomic E-state index is 15.6. The minimum atomic E-state index is -0.623. The maximum absolute atomic E-state index is 15.6. The highest BCUT2D eigenvalue weighted by Gasteiger charge is 2.31. The predicted molar refractivity (Wildman–Crippen MR) is 140 cm³/mol. The van der Waals surface area contributed by atoms with E-state index in [9.17, 15) is 9.59 Å². The van der Waals surface area contributed by atoms with Crippen molar-refractivity contribution in [2.24, 2.45) is 0 Å². The number of carbonyl (C=O) groups excluding carboxylic acids is 2. The number of anilines is 1. The molecule has 0 spiro atoms. The molecular weight excluding hydrogens is 511 g/mol. The number of nitrogens with zero attached hydrogens (tertiary/aromatic N) is 5. The van der Waals surface area contributed by atoms with Crippen LogP contribution in [0, 0.1) is 5.82 Å². The quantitative estimate of drug-likeness (QED) is 0.377. The van der Waals surface area contributed by atoms with E-state index in [2.05, 4.69) is 15.3 Å². The first-order chi connectivity index (χ1) is 18.4. The molecule has 2 amide bonds. The number of rotatable bonds is 7. The van der Waals surface area contributed by atoms with Crippen LogP contribution in [0.1, 0.15) is 21.6 Å². The van der Waals surface area contributed by atoms with Crippen molar-refractivity contribution in [1.82, 2.24) is 24.6 Å². The molecule has 3 heterocycles. The van der Waals surface area contributed by atoms with Gasteiger partial charge in [-0.2, -0.15) is 5.10 Å². The summed E-state index contributed by atoms with van der Waals surface area (Å²) in [5.74, 6) is -0.905. The summed E-state index contributed by atoms with van der Waals surface area (Å²) in [7, 11) is 4.48. The Hall–Kier alpha value is -4.16. The van der Waals surface area contributed by atoms with Crippen molar-refractivity contribution >= 4 is 28.5 Å². The van der Waals surface area contributed by atoms with E-state index in [4.69, 9.17) is 14.6 Å². The van der Waals surface area contributed by atoms with E-state index in [1.165, 1.54) is 29.4 Å². The van der Waals surface area contributed by atoms with Gasteiger partial charge in [0.25, 0.3) is 5.91 Å². The molecule has 1 aliphatic rings. The van der Waals surface area contributed by atoms with Gasteiger partial charge in [-0.25, -0.2) is 18.9 Å². The molecule has 3 aromatic heterocycles. The number of methoxy groups -OCH3 is 2. The molecule has 0 atom stereocenters. The van der Waals surface area contributed by atoms with Gasteiger partial charge in [-0.1, -0.05) is 11.3 Å². The van der Waals surface area contributed by atoms with Gasteiger partial charge in [0.1, 0.15) is 11.5 Å². The van der Waals surface area contributed by atoms with Gasteiger partial charge in [0.15, 0.2) is 5.13 Å². The van der Waals surface area contributed by atoms with Gasteiger partial charge >= 0.3 is 6.09 Å². The zero-order valence-electron chi connectivity index (χ0n) is 21.0. The number of aryl methyl sites for hydroxylation is 1. The molecule has 196 valence electrons. The summed E-state index contributed by atoms with van der Waals surface area (Å²) in [6.07, 6.45) is 4.02.